The molecule has 2 saturated heterocycles. The maximum absolute atomic E-state index is 6.24. The van der Waals surface area contributed by atoms with Crippen LogP contribution < -0.4 is 15.8 Å². The number of nitrogen functional groups attached to an aromatic ring is 1. The minimum absolute atomic E-state index is 0.529. The van der Waals surface area contributed by atoms with E-state index in [1.54, 1.807) is 0 Å². The van der Waals surface area contributed by atoms with Crippen LogP contribution in [0.5, 0.6) is 5.75 Å². The molecule has 110 valence electrons. The van der Waals surface area contributed by atoms with E-state index in [1.165, 1.54) is 32.4 Å². The van der Waals surface area contributed by atoms with Crippen LogP contribution in [0.4, 0.5) is 11.4 Å². The molecule has 0 bridgehead atoms. The van der Waals surface area contributed by atoms with Gasteiger partial charge in [-0.15, -0.1) is 0 Å². The van der Waals surface area contributed by atoms with Crippen molar-refractivity contribution in [2.45, 2.75) is 44.7 Å². The molecular formula is C16H25N3O. The number of nitrogens with one attached hydrogen (secondary N) is 1. The van der Waals surface area contributed by atoms with Crippen LogP contribution in [0.25, 0.3) is 0 Å². The Labute approximate surface area is 121 Å². The standard InChI is InChI=1S/C16H25N3O/c1-2-11-20-15-7-3-5-13(16(15)17)18-12-8-10-19-9-4-6-14(12)19/h3,5,7,12,14,18H,2,4,6,8-11,17H2,1H3. The lowest BCUT2D eigenvalue weighted by molar-refractivity contribution is 0.317. The number of benzene rings is 1. The summed E-state index contributed by atoms with van der Waals surface area (Å²) in [6.45, 7) is 5.30. The quantitative estimate of drug-likeness (QED) is 0.811. The Morgan fingerprint density at radius 1 is 1.35 bits per heavy atom. The predicted molar refractivity (Wildman–Crippen MR) is 83.3 cm³/mol. The third-order valence-corrected chi connectivity index (χ3v) is 4.47. The lowest BCUT2D eigenvalue weighted by Crippen LogP contribution is -2.33. The molecule has 20 heavy (non-hydrogen) atoms. The molecule has 1 aromatic rings. The third kappa shape index (κ3) is 2.57. The van der Waals surface area contributed by atoms with Gasteiger partial charge in [0.1, 0.15) is 5.75 Å². The summed E-state index contributed by atoms with van der Waals surface area (Å²) in [5.41, 5.74) is 8.01. The first-order valence-electron chi connectivity index (χ1n) is 7.81. The van der Waals surface area contributed by atoms with Gasteiger partial charge in [0.05, 0.1) is 18.0 Å². The second-order valence-electron chi connectivity index (χ2n) is 5.85. The Balaban J connectivity index is 1.71. The van der Waals surface area contributed by atoms with E-state index in [1.807, 2.05) is 12.1 Å². The van der Waals surface area contributed by atoms with E-state index in [0.717, 1.165) is 23.5 Å². The molecule has 2 aliphatic rings. The number of fused-ring (bicyclic) bond motifs is 1. The highest BCUT2D eigenvalue weighted by Gasteiger charge is 2.37. The van der Waals surface area contributed by atoms with E-state index >= 15 is 0 Å². The van der Waals surface area contributed by atoms with E-state index in [9.17, 15) is 0 Å². The zero-order valence-electron chi connectivity index (χ0n) is 12.3. The molecule has 4 nitrogen and oxygen atoms in total. The van der Waals surface area contributed by atoms with Crippen molar-refractivity contribution in [1.29, 1.82) is 0 Å². The van der Waals surface area contributed by atoms with Crippen molar-refractivity contribution in [2.24, 2.45) is 0 Å². The van der Waals surface area contributed by atoms with Gasteiger partial charge in [0, 0.05) is 18.6 Å². The molecule has 0 radical (unpaired) electrons. The predicted octanol–water partition coefficient (Wildman–Crippen LogP) is 2.71. The van der Waals surface area contributed by atoms with Gasteiger partial charge in [0.25, 0.3) is 0 Å². The first-order chi connectivity index (χ1) is 9.79. The SMILES string of the molecule is CCCOc1cccc(NC2CCN3CCCC23)c1N. The molecular weight excluding hydrogens is 250 g/mol. The summed E-state index contributed by atoms with van der Waals surface area (Å²) in [5.74, 6) is 0.804. The maximum atomic E-state index is 6.24. The molecule has 2 unspecified atom stereocenters. The molecule has 0 amide bonds. The molecule has 2 heterocycles. The molecule has 0 spiro atoms. The average Bonchev–Trinajstić information content (AvgIpc) is 3.04. The third-order valence-electron chi connectivity index (χ3n) is 4.47. The van der Waals surface area contributed by atoms with Crippen molar-refractivity contribution in [3.63, 3.8) is 0 Å². The van der Waals surface area contributed by atoms with Crippen LogP contribution in [0, 0.1) is 0 Å². The van der Waals surface area contributed by atoms with Crippen molar-refractivity contribution in [3.8, 4) is 5.75 Å². The largest absolute Gasteiger partial charge is 0.491 e. The average molecular weight is 275 g/mol. The summed E-state index contributed by atoms with van der Waals surface area (Å²) in [4.78, 5) is 2.60. The normalized spacial score (nSPS) is 25.6. The number of nitrogens with zero attached hydrogens (tertiary/aromatic N) is 1. The van der Waals surface area contributed by atoms with Crippen LogP contribution in [0.1, 0.15) is 32.6 Å². The fourth-order valence-corrected chi connectivity index (χ4v) is 3.46. The Hall–Kier alpha value is -1.42. The molecule has 3 N–H and O–H groups in total. The molecule has 0 aromatic heterocycles. The molecule has 4 heteroatoms. The number of para-hydroxylation sites is 1. The summed E-state index contributed by atoms with van der Waals surface area (Å²) >= 11 is 0. The zero-order chi connectivity index (χ0) is 13.9. The van der Waals surface area contributed by atoms with Crippen LogP contribution in [0.3, 0.4) is 0 Å². The lowest BCUT2D eigenvalue weighted by Gasteiger charge is -2.23. The second-order valence-corrected chi connectivity index (χ2v) is 5.85. The van der Waals surface area contributed by atoms with E-state index in [4.69, 9.17) is 10.5 Å². The summed E-state index contributed by atoms with van der Waals surface area (Å²) in [6, 6.07) is 7.25. The zero-order valence-corrected chi connectivity index (χ0v) is 12.3. The summed E-state index contributed by atoms with van der Waals surface area (Å²) < 4.78 is 5.70. The van der Waals surface area contributed by atoms with Crippen molar-refractivity contribution < 1.29 is 4.74 Å². The molecule has 2 aliphatic heterocycles. The van der Waals surface area contributed by atoms with Crippen molar-refractivity contribution in [2.75, 3.05) is 30.7 Å². The fourth-order valence-electron chi connectivity index (χ4n) is 3.46. The fraction of sp³-hybridized carbons (Fsp3) is 0.625. The number of anilines is 2. The highest BCUT2D eigenvalue weighted by atomic mass is 16.5. The highest BCUT2D eigenvalue weighted by Crippen LogP contribution is 2.34. The van der Waals surface area contributed by atoms with Gasteiger partial charge in [0.2, 0.25) is 0 Å². The molecule has 2 fully saturated rings. The summed E-state index contributed by atoms with van der Waals surface area (Å²) in [7, 11) is 0. The Kier molecular flexibility index (Phi) is 4.01. The van der Waals surface area contributed by atoms with Crippen molar-refractivity contribution in [1.82, 2.24) is 4.90 Å². The van der Waals surface area contributed by atoms with Crippen molar-refractivity contribution in [3.05, 3.63) is 18.2 Å². The maximum Gasteiger partial charge on any atom is 0.144 e. The molecule has 0 saturated carbocycles. The van der Waals surface area contributed by atoms with Crippen LogP contribution in [-0.4, -0.2) is 36.7 Å². The van der Waals surface area contributed by atoms with Gasteiger partial charge in [-0.2, -0.15) is 0 Å². The molecule has 2 atom stereocenters. The number of ether oxygens (including phenoxy) is 1. The summed E-state index contributed by atoms with van der Waals surface area (Å²) in [6.07, 6.45) is 4.85. The molecule has 0 aliphatic carbocycles. The van der Waals surface area contributed by atoms with Gasteiger partial charge in [-0.1, -0.05) is 13.0 Å². The van der Waals surface area contributed by atoms with Gasteiger partial charge in [-0.25, -0.2) is 0 Å². The van der Waals surface area contributed by atoms with Gasteiger partial charge >= 0.3 is 0 Å². The molecule has 3 rings (SSSR count). The topological polar surface area (TPSA) is 50.5 Å². The van der Waals surface area contributed by atoms with Crippen LogP contribution in [0.2, 0.25) is 0 Å². The first kappa shape index (κ1) is 13.6. The van der Waals surface area contributed by atoms with Gasteiger partial charge < -0.3 is 15.8 Å². The van der Waals surface area contributed by atoms with Gasteiger partial charge in [0.15, 0.2) is 0 Å². The molecule has 1 aromatic carbocycles. The van der Waals surface area contributed by atoms with E-state index in [0.29, 0.717) is 18.7 Å². The second kappa shape index (κ2) is 5.92. The van der Waals surface area contributed by atoms with E-state index < -0.39 is 0 Å². The van der Waals surface area contributed by atoms with Crippen LogP contribution >= 0.6 is 0 Å². The van der Waals surface area contributed by atoms with Crippen LogP contribution in [-0.2, 0) is 0 Å². The number of hydrogen-bond donors (Lipinski definition) is 2. The minimum atomic E-state index is 0.529. The van der Waals surface area contributed by atoms with Crippen LogP contribution in [0.15, 0.2) is 18.2 Å². The van der Waals surface area contributed by atoms with Gasteiger partial charge in [-0.05, 0) is 44.4 Å². The van der Waals surface area contributed by atoms with E-state index in [2.05, 4.69) is 23.2 Å². The smallest absolute Gasteiger partial charge is 0.144 e. The number of rotatable bonds is 5. The van der Waals surface area contributed by atoms with E-state index in [-0.39, 0.29) is 0 Å². The minimum Gasteiger partial charge on any atom is -0.491 e. The highest BCUT2D eigenvalue weighted by molar-refractivity contribution is 5.73. The summed E-state index contributed by atoms with van der Waals surface area (Å²) in [5, 5.41) is 3.65. The Morgan fingerprint density at radius 3 is 3.10 bits per heavy atom. The van der Waals surface area contributed by atoms with Crippen molar-refractivity contribution >= 4 is 11.4 Å². The first-order valence-corrected chi connectivity index (χ1v) is 7.81. The Bertz CT molecular complexity index is 463. The number of nitrogens with two attached hydrogens (primary N) is 1. The Morgan fingerprint density at radius 2 is 2.25 bits per heavy atom. The lowest BCUT2D eigenvalue weighted by atomic mass is 10.1. The van der Waals surface area contributed by atoms with Gasteiger partial charge in [-0.3, -0.25) is 4.90 Å². The number of hydrogen-bond acceptors (Lipinski definition) is 4. The monoisotopic (exact) mass is 275 g/mol.